The zero-order chi connectivity index (χ0) is 12.4. The van der Waals surface area contributed by atoms with Crippen molar-refractivity contribution >= 4 is 5.69 Å². The molecule has 1 aromatic carbocycles. The summed E-state index contributed by atoms with van der Waals surface area (Å²) in [4.78, 5) is 0. The second kappa shape index (κ2) is 4.73. The van der Waals surface area contributed by atoms with E-state index >= 15 is 0 Å². The first kappa shape index (κ1) is 11.2. The normalized spacial score (nSPS) is 23.2. The van der Waals surface area contributed by atoms with Gasteiger partial charge in [0.2, 0.25) is 0 Å². The van der Waals surface area contributed by atoms with Crippen molar-refractivity contribution in [2.45, 2.75) is 25.5 Å². The van der Waals surface area contributed by atoms with Crippen LogP contribution >= 0.6 is 0 Å². The largest absolute Gasteiger partial charge is 0.380 e. The summed E-state index contributed by atoms with van der Waals surface area (Å²) < 4.78 is 7.16. The maximum atomic E-state index is 5.53. The molecule has 1 saturated heterocycles. The number of hydrogen-bond donors (Lipinski definition) is 1. The van der Waals surface area contributed by atoms with Gasteiger partial charge in [0.25, 0.3) is 0 Å². The number of nitrogens with one attached hydrogen (secondary N) is 1. The highest BCUT2D eigenvalue weighted by atomic mass is 16.5. The van der Waals surface area contributed by atoms with E-state index in [1.54, 1.807) is 11.0 Å². The van der Waals surface area contributed by atoms with E-state index in [1.807, 2.05) is 24.3 Å². The van der Waals surface area contributed by atoms with Crippen LogP contribution in [0, 0.1) is 0 Å². The van der Waals surface area contributed by atoms with Gasteiger partial charge in [0, 0.05) is 12.3 Å². The Balaban J connectivity index is 1.71. The van der Waals surface area contributed by atoms with Crippen molar-refractivity contribution in [2.24, 2.45) is 0 Å². The average molecular weight is 245 g/mol. The van der Waals surface area contributed by atoms with Crippen LogP contribution in [0.4, 0.5) is 5.69 Å². The van der Waals surface area contributed by atoms with Crippen LogP contribution in [-0.2, 0) is 4.74 Å². The number of nitrogens with zero attached hydrogens (tertiary/aromatic N) is 4. The standard InChI is InChI=1S/C12H15N5O/c1-9-12(6-7-18-9)14-10-2-4-11(5-3-10)17-8-13-15-16-17/h2-5,8-9,12,14H,6-7H2,1H3. The molecule has 1 aromatic heterocycles. The predicted octanol–water partition coefficient (Wildman–Crippen LogP) is 1.25. The van der Waals surface area contributed by atoms with Crippen molar-refractivity contribution in [1.82, 2.24) is 20.2 Å². The van der Waals surface area contributed by atoms with Crippen LogP contribution in [0.1, 0.15) is 13.3 Å². The van der Waals surface area contributed by atoms with Crippen LogP contribution in [0.15, 0.2) is 30.6 Å². The lowest BCUT2D eigenvalue weighted by Gasteiger charge is -2.17. The fourth-order valence-corrected chi connectivity index (χ4v) is 2.13. The lowest BCUT2D eigenvalue weighted by Crippen LogP contribution is -2.26. The summed E-state index contributed by atoms with van der Waals surface area (Å²) in [6, 6.07) is 8.42. The van der Waals surface area contributed by atoms with Crippen molar-refractivity contribution in [3.05, 3.63) is 30.6 Å². The van der Waals surface area contributed by atoms with E-state index in [9.17, 15) is 0 Å². The quantitative estimate of drug-likeness (QED) is 0.881. The number of benzene rings is 1. The molecular formula is C12H15N5O. The third-order valence-electron chi connectivity index (χ3n) is 3.21. The van der Waals surface area contributed by atoms with Gasteiger partial charge in [0.05, 0.1) is 17.8 Å². The summed E-state index contributed by atoms with van der Waals surface area (Å²) in [6.45, 7) is 2.93. The molecule has 1 aliphatic rings. The zero-order valence-electron chi connectivity index (χ0n) is 10.2. The maximum Gasteiger partial charge on any atom is 0.143 e. The fraction of sp³-hybridized carbons (Fsp3) is 0.417. The highest BCUT2D eigenvalue weighted by Crippen LogP contribution is 2.19. The Morgan fingerprint density at radius 3 is 2.78 bits per heavy atom. The highest BCUT2D eigenvalue weighted by Gasteiger charge is 2.23. The Morgan fingerprint density at radius 1 is 1.33 bits per heavy atom. The van der Waals surface area contributed by atoms with Gasteiger partial charge in [-0.3, -0.25) is 0 Å². The van der Waals surface area contributed by atoms with E-state index in [0.717, 1.165) is 24.4 Å². The summed E-state index contributed by atoms with van der Waals surface area (Å²) in [5.74, 6) is 0. The third-order valence-corrected chi connectivity index (χ3v) is 3.21. The molecule has 1 aliphatic heterocycles. The Morgan fingerprint density at radius 2 is 2.17 bits per heavy atom. The summed E-state index contributed by atoms with van der Waals surface area (Å²) in [5, 5.41) is 14.6. The molecule has 0 amide bonds. The van der Waals surface area contributed by atoms with E-state index in [-0.39, 0.29) is 6.10 Å². The molecule has 3 rings (SSSR count). The second-order valence-electron chi connectivity index (χ2n) is 4.42. The second-order valence-corrected chi connectivity index (χ2v) is 4.42. The topological polar surface area (TPSA) is 64.9 Å². The van der Waals surface area contributed by atoms with Crippen molar-refractivity contribution in [1.29, 1.82) is 0 Å². The molecule has 2 aromatic rings. The van der Waals surface area contributed by atoms with Crippen LogP contribution in [0.25, 0.3) is 5.69 Å². The van der Waals surface area contributed by atoms with Gasteiger partial charge >= 0.3 is 0 Å². The zero-order valence-corrected chi connectivity index (χ0v) is 10.2. The van der Waals surface area contributed by atoms with Crippen LogP contribution < -0.4 is 5.32 Å². The van der Waals surface area contributed by atoms with Crippen molar-refractivity contribution < 1.29 is 4.74 Å². The Labute approximate surface area is 105 Å². The van der Waals surface area contributed by atoms with Gasteiger partial charge in [0.1, 0.15) is 6.33 Å². The molecule has 2 heterocycles. The van der Waals surface area contributed by atoms with Crippen LogP contribution in [0.2, 0.25) is 0 Å². The first-order chi connectivity index (χ1) is 8.83. The molecule has 0 spiro atoms. The number of ether oxygens (including phenoxy) is 1. The number of hydrogen-bond acceptors (Lipinski definition) is 5. The smallest absolute Gasteiger partial charge is 0.143 e. The first-order valence-corrected chi connectivity index (χ1v) is 6.04. The Kier molecular flexibility index (Phi) is 2.93. The monoisotopic (exact) mass is 245 g/mol. The van der Waals surface area contributed by atoms with Gasteiger partial charge in [0.15, 0.2) is 0 Å². The van der Waals surface area contributed by atoms with Crippen LogP contribution in [-0.4, -0.2) is 39.0 Å². The van der Waals surface area contributed by atoms with Gasteiger partial charge in [-0.25, -0.2) is 4.68 Å². The molecule has 2 atom stereocenters. The van der Waals surface area contributed by atoms with Gasteiger partial charge in [-0.1, -0.05) is 0 Å². The number of anilines is 1. The van der Waals surface area contributed by atoms with Crippen LogP contribution in [0.3, 0.4) is 0 Å². The van der Waals surface area contributed by atoms with E-state index in [4.69, 9.17) is 4.74 Å². The van der Waals surface area contributed by atoms with Gasteiger partial charge in [-0.05, 0) is 48.0 Å². The predicted molar refractivity (Wildman–Crippen MR) is 66.6 cm³/mol. The van der Waals surface area contributed by atoms with Crippen molar-refractivity contribution in [3.8, 4) is 5.69 Å². The van der Waals surface area contributed by atoms with Crippen molar-refractivity contribution in [3.63, 3.8) is 0 Å². The first-order valence-electron chi connectivity index (χ1n) is 6.04. The molecule has 0 saturated carbocycles. The number of aromatic nitrogens is 4. The Bertz CT molecular complexity index is 496. The minimum atomic E-state index is 0.268. The summed E-state index contributed by atoms with van der Waals surface area (Å²) in [5.41, 5.74) is 2.04. The maximum absolute atomic E-state index is 5.53. The molecule has 94 valence electrons. The average Bonchev–Trinajstić information content (AvgIpc) is 3.03. The molecule has 0 aliphatic carbocycles. The SMILES string of the molecule is CC1OCCC1Nc1ccc(-n2cnnn2)cc1. The minimum absolute atomic E-state index is 0.268. The minimum Gasteiger partial charge on any atom is -0.380 e. The fourth-order valence-electron chi connectivity index (χ4n) is 2.13. The van der Waals surface area contributed by atoms with E-state index in [2.05, 4.69) is 27.8 Å². The van der Waals surface area contributed by atoms with Gasteiger partial charge in [-0.2, -0.15) is 0 Å². The molecule has 6 nitrogen and oxygen atoms in total. The van der Waals surface area contributed by atoms with E-state index in [0.29, 0.717) is 6.04 Å². The van der Waals surface area contributed by atoms with E-state index in [1.165, 1.54) is 0 Å². The highest BCUT2D eigenvalue weighted by molar-refractivity contribution is 5.49. The lowest BCUT2D eigenvalue weighted by atomic mass is 10.1. The molecule has 18 heavy (non-hydrogen) atoms. The number of tetrazole rings is 1. The summed E-state index contributed by atoms with van der Waals surface area (Å²) in [7, 11) is 0. The summed E-state index contributed by atoms with van der Waals surface area (Å²) >= 11 is 0. The third kappa shape index (κ3) is 2.19. The van der Waals surface area contributed by atoms with Crippen LogP contribution in [0.5, 0.6) is 0 Å². The lowest BCUT2D eigenvalue weighted by molar-refractivity contribution is 0.121. The molecule has 6 heteroatoms. The van der Waals surface area contributed by atoms with Gasteiger partial charge < -0.3 is 10.1 Å². The summed E-state index contributed by atoms with van der Waals surface area (Å²) in [6.07, 6.45) is 2.90. The Hall–Kier alpha value is -1.95. The van der Waals surface area contributed by atoms with Crippen molar-refractivity contribution in [2.75, 3.05) is 11.9 Å². The molecule has 0 radical (unpaired) electrons. The molecular weight excluding hydrogens is 230 g/mol. The molecule has 0 bridgehead atoms. The number of rotatable bonds is 3. The molecule has 1 fully saturated rings. The van der Waals surface area contributed by atoms with Gasteiger partial charge in [-0.15, -0.1) is 5.10 Å². The molecule has 1 N–H and O–H groups in total. The molecule has 2 unspecified atom stereocenters. The van der Waals surface area contributed by atoms with E-state index < -0.39 is 0 Å².